The van der Waals surface area contributed by atoms with Crippen LogP contribution in [0, 0.1) is 0 Å². The van der Waals surface area contributed by atoms with Crippen LogP contribution in [0.4, 0.5) is 0 Å². The molecule has 9 heteroatoms. The van der Waals surface area contributed by atoms with Crippen molar-refractivity contribution in [3.8, 4) is 0 Å². The Morgan fingerprint density at radius 3 is 1.27 bits per heavy atom. The molecule has 0 aromatic heterocycles. The van der Waals surface area contributed by atoms with Crippen LogP contribution in [-0.2, 0) is 28.2 Å². The summed E-state index contributed by atoms with van der Waals surface area (Å²) in [4.78, 5) is 46.4. The minimum Gasteiger partial charge on any atom is -0.790 e. The molecule has 0 aliphatic carbocycles. The van der Waals surface area contributed by atoms with Gasteiger partial charge in [0, 0.05) is 12.8 Å². The summed E-state index contributed by atoms with van der Waals surface area (Å²) in [5, 5.41) is 0. The second-order valence-electron chi connectivity index (χ2n) is 13.2. The maximum absolute atomic E-state index is 12.3. The lowest BCUT2D eigenvalue weighted by molar-refractivity contribution is -0.343. The third-order valence-electron chi connectivity index (χ3n) is 8.43. The molecule has 0 radical (unpaired) electrons. The lowest BCUT2D eigenvalue weighted by atomic mass is 10.1. The summed E-state index contributed by atoms with van der Waals surface area (Å²) in [6, 6.07) is 0. The predicted octanol–water partition coefficient (Wildman–Crippen LogP) is 10.4. The summed E-state index contributed by atoms with van der Waals surface area (Å²) in [7, 11) is -5.25. The highest BCUT2D eigenvalue weighted by molar-refractivity contribution is 7.43. The molecule has 0 aromatic rings. The molecule has 0 bridgehead atoms. The summed E-state index contributed by atoms with van der Waals surface area (Å²) in [5.74, 6) is -0.973. The minimum absolute atomic E-state index is 0.171. The molecule has 0 N–H and O–H groups in total. The maximum Gasteiger partial charge on any atom is 0.306 e. The highest BCUT2D eigenvalue weighted by Crippen LogP contribution is 2.25. The van der Waals surface area contributed by atoms with Gasteiger partial charge in [-0.05, 0) is 64.2 Å². The third kappa shape index (κ3) is 37.4. The van der Waals surface area contributed by atoms with E-state index in [-0.39, 0.29) is 19.4 Å². The molecule has 1 unspecified atom stereocenters. The van der Waals surface area contributed by atoms with Crippen molar-refractivity contribution in [2.45, 2.75) is 200 Å². The Hall–Kier alpha value is -1.47. The van der Waals surface area contributed by atoms with Crippen LogP contribution in [0.15, 0.2) is 24.3 Å². The highest BCUT2D eigenvalue weighted by atomic mass is 31.2. The lowest BCUT2D eigenvalue weighted by Crippen LogP contribution is -2.31. The molecule has 0 saturated carbocycles. The quantitative estimate of drug-likeness (QED) is 0.0274. The molecule has 282 valence electrons. The van der Waals surface area contributed by atoms with E-state index in [2.05, 4.69) is 42.7 Å². The molecule has 48 heavy (non-hydrogen) atoms. The van der Waals surface area contributed by atoms with Crippen LogP contribution in [0.5, 0.6) is 0 Å². The van der Waals surface area contributed by atoms with Gasteiger partial charge < -0.3 is 28.3 Å². The SMILES string of the molecule is CCCCCCCC/C=C\CCCCCCCC(=O)OCC(COP(=O)([O-])[O-])OC(=O)CCCCCCC/C=C\CCCCCCCC. The molecule has 0 saturated heterocycles. The van der Waals surface area contributed by atoms with Gasteiger partial charge in [0.2, 0.25) is 0 Å². The molecule has 0 aliphatic heterocycles. The molecule has 8 nitrogen and oxygen atoms in total. The second kappa shape index (κ2) is 35.4. The van der Waals surface area contributed by atoms with Crippen LogP contribution in [-0.4, -0.2) is 31.3 Å². The Balaban J connectivity index is 3.97. The van der Waals surface area contributed by atoms with E-state index in [1.807, 2.05) is 0 Å². The average molecular weight is 699 g/mol. The molecule has 0 aromatic carbocycles. The van der Waals surface area contributed by atoms with E-state index >= 15 is 0 Å². The van der Waals surface area contributed by atoms with Crippen molar-refractivity contribution >= 4 is 19.8 Å². The van der Waals surface area contributed by atoms with Gasteiger partial charge in [-0.2, -0.15) is 0 Å². The Morgan fingerprint density at radius 2 is 0.875 bits per heavy atom. The number of allylic oxidation sites excluding steroid dienone is 4. The van der Waals surface area contributed by atoms with E-state index in [0.29, 0.717) is 12.8 Å². The summed E-state index contributed by atoms with van der Waals surface area (Å²) in [6.07, 6.45) is 38.5. The van der Waals surface area contributed by atoms with E-state index in [9.17, 15) is 23.9 Å². The fraction of sp³-hybridized carbons (Fsp3) is 0.846. The number of hydrogen-bond acceptors (Lipinski definition) is 8. The van der Waals surface area contributed by atoms with Crippen molar-refractivity contribution in [1.82, 2.24) is 0 Å². The lowest BCUT2D eigenvalue weighted by Gasteiger charge is -2.30. The van der Waals surface area contributed by atoms with Crippen LogP contribution < -0.4 is 9.79 Å². The standard InChI is InChI=1S/C39H73O8P/c1-3-5-7-9-11-13-15-17-19-21-23-25-27-29-31-33-38(40)45-35-37(36-46-48(42,43)44)47-39(41)34-32-30-28-26-24-22-20-18-16-14-12-10-8-6-4-2/h17-20,37H,3-16,21-36H2,1-2H3,(H2,42,43,44)/p-2/b19-17-,20-18-. The first-order valence-corrected chi connectivity index (χ1v) is 21.1. The summed E-state index contributed by atoms with van der Waals surface area (Å²) < 4.78 is 25.8. The first-order chi connectivity index (χ1) is 23.3. The minimum atomic E-state index is -5.25. The number of phosphoric ester groups is 1. The van der Waals surface area contributed by atoms with Gasteiger partial charge in [-0.15, -0.1) is 0 Å². The zero-order valence-corrected chi connectivity index (χ0v) is 31.7. The van der Waals surface area contributed by atoms with Crippen molar-refractivity contribution < 1.29 is 37.9 Å². The molecular formula is C39H71O8P-2. The number of carbonyl (C=O) groups excluding carboxylic acids is 2. The number of ether oxygens (including phenoxy) is 2. The van der Waals surface area contributed by atoms with Crippen LogP contribution in [0.2, 0.25) is 0 Å². The molecule has 0 aliphatic rings. The molecule has 0 rings (SSSR count). The monoisotopic (exact) mass is 698 g/mol. The predicted molar refractivity (Wildman–Crippen MR) is 193 cm³/mol. The Labute approximate surface area is 294 Å². The van der Waals surface area contributed by atoms with Crippen molar-refractivity contribution in [1.29, 1.82) is 0 Å². The van der Waals surface area contributed by atoms with Crippen molar-refractivity contribution in [3.63, 3.8) is 0 Å². The molecule has 0 fully saturated rings. The Morgan fingerprint density at radius 1 is 0.521 bits per heavy atom. The van der Waals surface area contributed by atoms with Gasteiger partial charge in [0.1, 0.15) is 6.61 Å². The molecule has 0 heterocycles. The molecule has 0 spiro atoms. The average Bonchev–Trinajstić information content (AvgIpc) is 3.05. The van der Waals surface area contributed by atoms with Gasteiger partial charge >= 0.3 is 11.9 Å². The number of carbonyl (C=O) groups is 2. The van der Waals surface area contributed by atoms with Crippen LogP contribution >= 0.6 is 7.82 Å². The largest absolute Gasteiger partial charge is 0.790 e. The maximum atomic E-state index is 12.3. The van der Waals surface area contributed by atoms with Crippen LogP contribution in [0.3, 0.4) is 0 Å². The van der Waals surface area contributed by atoms with E-state index in [0.717, 1.165) is 64.2 Å². The van der Waals surface area contributed by atoms with Crippen molar-refractivity contribution in [3.05, 3.63) is 24.3 Å². The molecule has 1 atom stereocenters. The first-order valence-electron chi connectivity index (χ1n) is 19.6. The van der Waals surface area contributed by atoms with Crippen molar-refractivity contribution in [2.24, 2.45) is 0 Å². The van der Waals surface area contributed by atoms with E-state index in [1.54, 1.807) is 0 Å². The van der Waals surface area contributed by atoms with Gasteiger partial charge in [0.15, 0.2) is 6.10 Å². The van der Waals surface area contributed by atoms with Gasteiger partial charge in [0.05, 0.1) is 14.4 Å². The van der Waals surface area contributed by atoms with Gasteiger partial charge in [-0.3, -0.25) is 9.59 Å². The molecular weight excluding hydrogens is 627 g/mol. The van der Waals surface area contributed by atoms with E-state index in [4.69, 9.17) is 9.47 Å². The van der Waals surface area contributed by atoms with Crippen LogP contribution in [0.1, 0.15) is 194 Å². The normalized spacial score (nSPS) is 12.7. The summed E-state index contributed by atoms with van der Waals surface area (Å²) in [5.41, 5.74) is 0. The summed E-state index contributed by atoms with van der Waals surface area (Å²) >= 11 is 0. The number of rotatable bonds is 36. The topological polar surface area (TPSA) is 125 Å². The van der Waals surface area contributed by atoms with E-state index < -0.39 is 32.5 Å². The van der Waals surface area contributed by atoms with Crippen molar-refractivity contribution in [2.75, 3.05) is 13.2 Å². The second-order valence-corrected chi connectivity index (χ2v) is 14.4. The van der Waals surface area contributed by atoms with E-state index in [1.165, 1.54) is 89.9 Å². The fourth-order valence-electron chi connectivity index (χ4n) is 5.47. The highest BCUT2D eigenvalue weighted by Gasteiger charge is 2.18. The fourth-order valence-corrected chi connectivity index (χ4v) is 5.82. The number of unbranched alkanes of at least 4 members (excludes halogenated alkanes) is 22. The smallest absolute Gasteiger partial charge is 0.306 e. The van der Waals surface area contributed by atoms with Gasteiger partial charge in [-0.1, -0.05) is 141 Å². The number of hydrogen-bond donors (Lipinski definition) is 0. The third-order valence-corrected chi connectivity index (χ3v) is 8.90. The summed E-state index contributed by atoms with van der Waals surface area (Å²) in [6.45, 7) is 3.47. The zero-order valence-electron chi connectivity index (χ0n) is 30.8. The Kier molecular flexibility index (Phi) is 34.3. The number of phosphoric acid groups is 1. The van der Waals surface area contributed by atoms with Gasteiger partial charge in [0.25, 0.3) is 0 Å². The zero-order chi connectivity index (χ0) is 35.4. The van der Waals surface area contributed by atoms with Gasteiger partial charge in [-0.25, -0.2) is 0 Å². The Bertz CT molecular complexity index is 838. The van der Waals surface area contributed by atoms with Crippen LogP contribution in [0.25, 0.3) is 0 Å². The number of esters is 2. The molecule has 0 amide bonds. The first kappa shape index (κ1) is 46.5.